The molecule has 0 aliphatic rings. The van der Waals surface area contributed by atoms with E-state index < -0.39 is 5.60 Å². The highest BCUT2D eigenvalue weighted by molar-refractivity contribution is 5.87. The van der Waals surface area contributed by atoms with Crippen LogP contribution >= 0.6 is 0 Å². The Balaban J connectivity index is 2.69. The van der Waals surface area contributed by atoms with E-state index in [1.54, 1.807) is 6.08 Å². The minimum Gasteiger partial charge on any atom is -0.493 e. The SMILES string of the molecule is CCCCOc1ccccc1C=CC(=O)OC(C)(C)C. The Bertz CT molecular complexity index is 456. The first-order valence-corrected chi connectivity index (χ1v) is 7.05. The fourth-order valence-corrected chi connectivity index (χ4v) is 1.57. The quantitative estimate of drug-likeness (QED) is 0.443. The smallest absolute Gasteiger partial charge is 0.331 e. The molecular weight excluding hydrogens is 252 g/mol. The first kappa shape index (κ1) is 16.3. The summed E-state index contributed by atoms with van der Waals surface area (Å²) in [7, 11) is 0. The lowest BCUT2D eigenvalue weighted by molar-refractivity contribution is -0.148. The van der Waals surface area contributed by atoms with Crippen molar-refractivity contribution in [3.63, 3.8) is 0 Å². The number of benzene rings is 1. The third-order valence-corrected chi connectivity index (χ3v) is 2.48. The van der Waals surface area contributed by atoms with Crippen molar-refractivity contribution in [1.82, 2.24) is 0 Å². The summed E-state index contributed by atoms with van der Waals surface area (Å²) < 4.78 is 10.9. The van der Waals surface area contributed by atoms with Gasteiger partial charge in [0.2, 0.25) is 0 Å². The molecule has 3 nitrogen and oxygen atoms in total. The normalized spacial score (nSPS) is 11.6. The van der Waals surface area contributed by atoms with Gasteiger partial charge in [0.1, 0.15) is 11.4 Å². The van der Waals surface area contributed by atoms with Crippen molar-refractivity contribution in [1.29, 1.82) is 0 Å². The molecule has 20 heavy (non-hydrogen) atoms. The summed E-state index contributed by atoms with van der Waals surface area (Å²) in [5.74, 6) is 0.446. The molecule has 0 saturated carbocycles. The van der Waals surface area contributed by atoms with Gasteiger partial charge in [0, 0.05) is 11.6 Å². The maximum Gasteiger partial charge on any atom is 0.331 e. The van der Waals surface area contributed by atoms with E-state index in [0.29, 0.717) is 6.61 Å². The molecule has 1 aromatic rings. The summed E-state index contributed by atoms with van der Waals surface area (Å²) in [6, 6.07) is 7.67. The molecule has 0 aliphatic carbocycles. The highest BCUT2D eigenvalue weighted by Gasteiger charge is 2.14. The summed E-state index contributed by atoms with van der Waals surface area (Å²) in [6.07, 6.45) is 5.28. The highest BCUT2D eigenvalue weighted by Crippen LogP contribution is 2.20. The summed E-state index contributed by atoms with van der Waals surface area (Å²) in [4.78, 5) is 11.7. The second-order valence-corrected chi connectivity index (χ2v) is 5.61. The van der Waals surface area contributed by atoms with Gasteiger partial charge in [-0.1, -0.05) is 31.5 Å². The molecule has 1 aromatic carbocycles. The van der Waals surface area contributed by atoms with E-state index in [4.69, 9.17) is 9.47 Å². The van der Waals surface area contributed by atoms with Crippen LogP contribution in [0.4, 0.5) is 0 Å². The monoisotopic (exact) mass is 276 g/mol. The third kappa shape index (κ3) is 6.41. The minimum absolute atomic E-state index is 0.346. The van der Waals surface area contributed by atoms with Gasteiger partial charge in [0.25, 0.3) is 0 Å². The number of para-hydroxylation sites is 1. The van der Waals surface area contributed by atoms with E-state index in [9.17, 15) is 4.79 Å². The standard InChI is InChI=1S/C17H24O3/c1-5-6-13-19-15-10-8-7-9-14(15)11-12-16(18)20-17(2,3)4/h7-12H,5-6,13H2,1-4H3. The van der Waals surface area contributed by atoms with Gasteiger partial charge in [0.05, 0.1) is 6.61 Å². The van der Waals surface area contributed by atoms with Gasteiger partial charge in [-0.2, -0.15) is 0 Å². The number of carbonyl (C=O) groups excluding carboxylic acids is 1. The van der Waals surface area contributed by atoms with E-state index in [0.717, 1.165) is 24.2 Å². The summed E-state index contributed by atoms with van der Waals surface area (Å²) >= 11 is 0. The van der Waals surface area contributed by atoms with Crippen molar-refractivity contribution < 1.29 is 14.3 Å². The molecule has 0 aliphatic heterocycles. The van der Waals surface area contributed by atoms with Crippen molar-refractivity contribution in [2.75, 3.05) is 6.61 Å². The van der Waals surface area contributed by atoms with Crippen molar-refractivity contribution in [3.8, 4) is 5.75 Å². The average Bonchev–Trinajstić information content (AvgIpc) is 2.36. The maximum atomic E-state index is 11.7. The number of carbonyl (C=O) groups is 1. The Morgan fingerprint density at radius 1 is 1.25 bits per heavy atom. The van der Waals surface area contributed by atoms with Crippen LogP contribution in [0.2, 0.25) is 0 Å². The zero-order valence-electron chi connectivity index (χ0n) is 12.8. The highest BCUT2D eigenvalue weighted by atomic mass is 16.6. The van der Waals surface area contributed by atoms with Crippen LogP contribution in [0.3, 0.4) is 0 Å². The number of ether oxygens (including phenoxy) is 2. The average molecular weight is 276 g/mol. The Morgan fingerprint density at radius 3 is 2.60 bits per heavy atom. The van der Waals surface area contributed by atoms with Gasteiger partial charge in [-0.15, -0.1) is 0 Å². The Hall–Kier alpha value is -1.77. The van der Waals surface area contributed by atoms with Crippen LogP contribution in [-0.2, 0) is 9.53 Å². The van der Waals surface area contributed by atoms with Crippen LogP contribution in [0.1, 0.15) is 46.1 Å². The summed E-state index contributed by atoms with van der Waals surface area (Å²) in [6.45, 7) is 8.35. The van der Waals surface area contributed by atoms with Crippen LogP contribution < -0.4 is 4.74 Å². The fraction of sp³-hybridized carbons (Fsp3) is 0.471. The molecule has 0 N–H and O–H groups in total. The van der Waals surface area contributed by atoms with Crippen molar-refractivity contribution in [3.05, 3.63) is 35.9 Å². The largest absolute Gasteiger partial charge is 0.493 e. The number of unbranched alkanes of at least 4 members (excludes halogenated alkanes) is 1. The molecule has 0 heterocycles. The molecule has 1 rings (SSSR count). The van der Waals surface area contributed by atoms with E-state index in [2.05, 4.69) is 6.92 Å². The van der Waals surface area contributed by atoms with Crippen molar-refractivity contribution in [2.24, 2.45) is 0 Å². The summed E-state index contributed by atoms with van der Waals surface area (Å²) in [5, 5.41) is 0. The lowest BCUT2D eigenvalue weighted by Crippen LogP contribution is -2.22. The van der Waals surface area contributed by atoms with Crippen LogP contribution in [-0.4, -0.2) is 18.2 Å². The lowest BCUT2D eigenvalue weighted by Gasteiger charge is -2.18. The predicted molar refractivity (Wildman–Crippen MR) is 81.7 cm³/mol. The zero-order chi connectivity index (χ0) is 15.0. The van der Waals surface area contributed by atoms with E-state index in [1.165, 1.54) is 6.08 Å². The molecule has 0 saturated heterocycles. The van der Waals surface area contributed by atoms with Gasteiger partial charge in [-0.05, 0) is 39.3 Å². The van der Waals surface area contributed by atoms with E-state index in [-0.39, 0.29) is 5.97 Å². The number of hydrogen-bond acceptors (Lipinski definition) is 3. The van der Waals surface area contributed by atoms with Gasteiger partial charge in [-0.25, -0.2) is 4.79 Å². The van der Waals surface area contributed by atoms with Gasteiger partial charge >= 0.3 is 5.97 Å². The topological polar surface area (TPSA) is 35.5 Å². The molecule has 3 heteroatoms. The molecule has 0 bridgehead atoms. The predicted octanol–water partition coefficient (Wildman–Crippen LogP) is 4.22. The molecule has 0 fully saturated rings. The van der Waals surface area contributed by atoms with Crippen LogP contribution in [0.25, 0.3) is 6.08 Å². The molecule has 0 amide bonds. The number of esters is 1. The van der Waals surface area contributed by atoms with Gasteiger partial charge in [-0.3, -0.25) is 0 Å². The lowest BCUT2D eigenvalue weighted by atomic mass is 10.2. The molecule has 110 valence electrons. The van der Waals surface area contributed by atoms with E-state index in [1.807, 2.05) is 45.0 Å². The summed E-state index contributed by atoms with van der Waals surface area (Å²) in [5.41, 5.74) is 0.410. The third-order valence-electron chi connectivity index (χ3n) is 2.48. The van der Waals surface area contributed by atoms with Crippen molar-refractivity contribution in [2.45, 2.75) is 46.1 Å². The Labute approximate surface area is 121 Å². The zero-order valence-corrected chi connectivity index (χ0v) is 12.8. The van der Waals surface area contributed by atoms with Crippen LogP contribution in [0.15, 0.2) is 30.3 Å². The van der Waals surface area contributed by atoms with Crippen molar-refractivity contribution >= 4 is 12.0 Å². The van der Waals surface area contributed by atoms with E-state index >= 15 is 0 Å². The second-order valence-electron chi connectivity index (χ2n) is 5.61. The molecule has 0 spiro atoms. The Kier molecular flexibility index (Phi) is 6.29. The Morgan fingerprint density at radius 2 is 1.95 bits per heavy atom. The fourth-order valence-electron chi connectivity index (χ4n) is 1.57. The molecule has 0 radical (unpaired) electrons. The molecule has 0 atom stereocenters. The maximum absolute atomic E-state index is 11.7. The first-order valence-electron chi connectivity index (χ1n) is 7.05. The molecule has 0 unspecified atom stereocenters. The van der Waals surface area contributed by atoms with Gasteiger partial charge < -0.3 is 9.47 Å². The van der Waals surface area contributed by atoms with Gasteiger partial charge in [0.15, 0.2) is 0 Å². The minimum atomic E-state index is -0.474. The second kappa shape index (κ2) is 7.73. The molecular formula is C17H24O3. The molecule has 0 aromatic heterocycles. The van der Waals surface area contributed by atoms with Crippen LogP contribution in [0.5, 0.6) is 5.75 Å². The number of rotatable bonds is 6. The number of hydrogen-bond donors (Lipinski definition) is 0. The first-order chi connectivity index (χ1) is 9.42. The van der Waals surface area contributed by atoms with Crippen LogP contribution in [0, 0.1) is 0 Å².